The van der Waals surface area contributed by atoms with E-state index in [0.717, 1.165) is 38.9 Å². The summed E-state index contributed by atoms with van der Waals surface area (Å²) in [6.45, 7) is 5.92. The van der Waals surface area contributed by atoms with Crippen LogP contribution in [0.5, 0.6) is 0 Å². The summed E-state index contributed by atoms with van der Waals surface area (Å²) in [6.07, 6.45) is 9.28. The van der Waals surface area contributed by atoms with E-state index in [1.165, 1.54) is 6.42 Å². The van der Waals surface area contributed by atoms with Crippen molar-refractivity contribution in [3.05, 3.63) is 0 Å². The highest BCUT2D eigenvalue weighted by atomic mass is 15.1. The van der Waals surface area contributed by atoms with Crippen molar-refractivity contribution in [1.82, 2.24) is 10.2 Å². The Kier molecular flexibility index (Phi) is 5.32. The summed E-state index contributed by atoms with van der Waals surface area (Å²) in [6, 6.07) is 2.42. The van der Waals surface area contributed by atoms with Crippen LogP contribution in [0.1, 0.15) is 32.6 Å². The van der Waals surface area contributed by atoms with Crippen LogP contribution >= 0.6 is 0 Å². The maximum absolute atomic E-state index is 9.31. The van der Waals surface area contributed by atoms with Gasteiger partial charge in [0.2, 0.25) is 0 Å². The van der Waals surface area contributed by atoms with E-state index in [-0.39, 0.29) is 0 Å². The first-order valence-electron chi connectivity index (χ1n) is 6.08. The van der Waals surface area contributed by atoms with Gasteiger partial charge in [0, 0.05) is 6.54 Å². The maximum Gasteiger partial charge on any atom is 0.108 e. The van der Waals surface area contributed by atoms with E-state index in [1.54, 1.807) is 0 Å². The zero-order valence-electron chi connectivity index (χ0n) is 10.1. The predicted octanol–water partition coefficient (Wildman–Crippen LogP) is 1.37. The highest BCUT2D eigenvalue weighted by molar-refractivity contribution is 5.10. The zero-order valence-corrected chi connectivity index (χ0v) is 10.1. The average molecular weight is 219 g/mol. The van der Waals surface area contributed by atoms with Gasteiger partial charge < -0.3 is 4.90 Å². The van der Waals surface area contributed by atoms with Crippen LogP contribution < -0.4 is 5.32 Å². The molecule has 1 saturated heterocycles. The van der Waals surface area contributed by atoms with Gasteiger partial charge in [-0.15, -0.1) is 6.42 Å². The molecular weight excluding hydrogens is 198 g/mol. The molecule has 88 valence electrons. The smallest absolute Gasteiger partial charge is 0.108 e. The van der Waals surface area contributed by atoms with Crippen LogP contribution in [0.4, 0.5) is 0 Å². The highest BCUT2D eigenvalue weighted by Crippen LogP contribution is 2.21. The fourth-order valence-corrected chi connectivity index (χ4v) is 2.28. The van der Waals surface area contributed by atoms with Crippen LogP contribution in [0.3, 0.4) is 0 Å². The van der Waals surface area contributed by atoms with Crippen molar-refractivity contribution >= 4 is 0 Å². The molecule has 1 fully saturated rings. The number of nitrogens with zero attached hydrogens (tertiary/aromatic N) is 2. The second kappa shape index (κ2) is 6.53. The molecule has 0 aromatic heterocycles. The minimum atomic E-state index is -0.394. The molecule has 1 N–H and O–H groups in total. The lowest BCUT2D eigenvalue weighted by molar-refractivity contribution is 0.277. The van der Waals surface area contributed by atoms with E-state index in [2.05, 4.69) is 29.1 Å². The first-order chi connectivity index (χ1) is 7.76. The Labute approximate surface area is 98.8 Å². The molecule has 0 radical (unpaired) electrons. The second-order valence-electron chi connectivity index (χ2n) is 4.45. The molecule has 0 aromatic carbocycles. The van der Waals surface area contributed by atoms with E-state index in [9.17, 15) is 5.26 Å². The number of hydrogen-bond acceptors (Lipinski definition) is 3. The van der Waals surface area contributed by atoms with E-state index in [0.29, 0.717) is 6.54 Å². The largest absolute Gasteiger partial charge is 0.303 e. The molecule has 1 aliphatic rings. The minimum Gasteiger partial charge on any atom is -0.303 e. The van der Waals surface area contributed by atoms with E-state index < -0.39 is 5.54 Å². The first kappa shape index (κ1) is 13.0. The van der Waals surface area contributed by atoms with Gasteiger partial charge in [-0.25, -0.2) is 0 Å². The SMILES string of the molecule is C#CCNC1(C#N)CCCN(CCC)CC1. The lowest BCUT2D eigenvalue weighted by Crippen LogP contribution is -2.44. The fraction of sp³-hybridized carbons (Fsp3) is 0.769. The molecular formula is C13H21N3. The summed E-state index contributed by atoms with van der Waals surface area (Å²) in [4.78, 5) is 2.44. The molecule has 0 bridgehead atoms. The molecule has 3 heteroatoms. The van der Waals surface area contributed by atoms with Crippen molar-refractivity contribution in [2.45, 2.75) is 38.1 Å². The first-order valence-corrected chi connectivity index (χ1v) is 6.08. The van der Waals surface area contributed by atoms with Gasteiger partial charge >= 0.3 is 0 Å². The van der Waals surface area contributed by atoms with Gasteiger partial charge in [0.15, 0.2) is 0 Å². The molecule has 16 heavy (non-hydrogen) atoms. The fourth-order valence-electron chi connectivity index (χ4n) is 2.28. The Morgan fingerprint density at radius 1 is 1.44 bits per heavy atom. The molecule has 0 spiro atoms. The third-order valence-corrected chi connectivity index (χ3v) is 3.22. The van der Waals surface area contributed by atoms with Crippen LogP contribution in [0.25, 0.3) is 0 Å². The third-order valence-electron chi connectivity index (χ3n) is 3.22. The molecule has 0 aliphatic carbocycles. The van der Waals surface area contributed by atoms with Gasteiger partial charge in [-0.05, 0) is 38.8 Å². The summed E-state index contributed by atoms with van der Waals surface area (Å²) >= 11 is 0. The molecule has 1 atom stereocenters. The Bertz CT molecular complexity index is 287. The minimum absolute atomic E-state index is 0.394. The van der Waals surface area contributed by atoms with Crippen LogP contribution in [0, 0.1) is 23.7 Å². The molecule has 1 rings (SSSR count). The van der Waals surface area contributed by atoms with Crippen molar-refractivity contribution in [2.24, 2.45) is 0 Å². The third kappa shape index (κ3) is 3.52. The summed E-state index contributed by atoms with van der Waals surface area (Å²) in [5.74, 6) is 2.56. The van der Waals surface area contributed by atoms with E-state index in [4.69, 9.17) is 6.42 Å². The highest BCUT2D eigenvalue weighted by Gasteiger charge is 2.31. The Morgan fingerprint density at radius 2 is 2.25 bits per heavy atom. The van der Waals surface area contributed by atoms with Crippen LogP contribution in [-0.2, 0) is 0 Å². The van der Waals surface area contributed by atoms with Crippen LogP contribution in [0.2, 0.25) is 0 Å². The quantitative estimate of drug-likeness (QED) is 0.726. The van der Waals surface area contributed by atoms with Crippen molar-refractivity contribution < 1.29 is 0 Å². The molecule has 1 aliphatic heterocycles. The molecule has 3 nitrogen and oxygen atoms in total. The lowest BCUT2D eigenvalue weighted by atomic mass is 9.92. The number of nitriles is 1. The Hall–Kier alpha value is -1.03. The standard InChI is InChI=1S/C13H21N3/c1-3-8-15-13(12-14)6-5-10-16(9-4-2)11-7-13/h1,15H,4-11H2,2H3. The second-order valence-corrected chi connectivity index (χ2v) is 4.45. The van der Waals surface area contributed by atoms with Crippen molar-refractivity contribution in [3.8, 4) is 18.4 Å². The number of nitrogens with one attached hydrogen (secondary N) is 1. The number of likely N-dealkylation sites (tertiary alicyclic amines) is 1. The number of hydrogen-bond donors (Lipinski definition) is 1. The van der Waals surface area contributed by atoms with Gasteiger partial charge in [-0.3, -0.25) is 5.32 Å². The monoisotopic (exact) mass is 219 g/mol. The van der Waals surface area contributed by atoms with Gasteiger partial charge in [0.1, 0.15) is 5.54 Å². The van der Waals surface area contributed by atoms with Crippen molar-refractivity contribution in [1.29, 1.82) is 5.26 Å². The summed E-state index contributed by atoms with van der Waals surface area (Å²) in [5.41, 5.74) is -0.394. The zero-order chi connectivity index (χ0) is 11.9. The van der Waals surface area contributed by atoms with Crippen LogP contribution in [0.15, 0.2) is 0 Å². The summed E-state index contributed by atoms with van der Waals surface area (Å²) in [7, 11) is 0. The number of rotatable bonds is 4. The predicted molar refractivity (Wildman–Crippen MR) is 65.8 cm³/mol. The molecule has 0 saturated carbocycles. The Morgan fingerprint density at radius 3 is 2.88 bits per heavy atom. The summed E-state index contributed by atoms with van der Waals surface area (Å²) in [5, 5.41) is 12.5. The van der Waals surface area contributed by atoms with Crippen molar-refractivity contribution in [3.63, 3.8) is 0 Å². The normalized spacial score (nSPS) is 26.7. The van der Waals surface area contributed by atoms with Crippen molar-refractivity contribution in [2.75, 3.05) is 26.2 Å². The summed E-state index contributed by atoms with van der Waals surface area (Å²) < 4.78 is 0. The number of terminal acetylenes is 1. The van der Waals surface area contributed by atoms with Gasteiger partial charge in [-0.2, -0.15) is 5.26 Å². The lowest BCUT2D eigenvalue weighted by Gasteiger charge is -2.25. The van der Waals surface area contributed by atoms with Gasteiger partial charge in [0.05, 0.1) is 12.6 Å². The Balaban J connectivity index is 2.55. The van der Waals surface area contributed by atoms with E-state index >= 15 is 0 Å². The van der Waals surface area contributed by atoms with E-state index in [1.807, 2.05) is 0 Å². The van der Waals surface area contributed by atoms with Crippen LogP contribution in [-0.4, -0.2) is 36.6 Å². The average Bonchev–Trinajstić information content (AvgIpc) is 2.51. The molecule has 0 aromatic rings. The van der Waals surface area contributed by atoms with Gasteiger partial charge in [-0.1, -0.05) is 12.8 Å². The van der Waals surface area contributed by atoms with Gasteiger partial charge in [0.25, 0.3) is 0 Å². The molecule has 0 amide bonds. The topological polar surface area (TPSA) is 39.1 Å². The molecule has 1 unspecified atom stereocenters. The maximum atomic E-state index is 9.31. The molecule has 1 heterocycles.